The molecule has 2 aromatic rings. The lowest BCUT2D eigenvalue weighted by atomic mass is 10.1. The number of benzene rings is 1. The van der Waals surface area contributed by atoms with E-state index in [0.29, 0.717) is 0 Å². The van der Waals surface area contributed by atoms with Gasteiger partial charge in [0.05, 0.1) is 0 Å². The maximum absolute atomic E-state index is 5.20. The quantitative estimate of drug-likeness (QED) is 0.737. The second kappa shape index (κ2) is 3.44. The molecule has 0 radical (unpaired) electrons. The normalized spacial score (nSPS) is 13.4. The van der Waals surface area contributed by atoms with Gasteiger partial charge in [0.1, 0.15) is 6.10 Å². The third-order valence-electron chi connectivity index (χ3n) is 2.60. The fourth-order valence-corrected chi connectivity index (χ4v) is 1.75. The summed E-state index contributed by atoms with van der Waals surface area (Å²) in [4.78, 5) is 4.84. The first-order valence-electron chi connectivity index (χ1n) is 4.63. The van der Waals surface area contributed by atoms with Gasteiger partial charge in [-0.25, -0.2) is 5.90 Å². The van der Waals surface area contributed by atoms with Crippen LogP contribution in [0.4, 0.5) is 0 Å². The molecule has 1 aromatic carbocycles. The van der Waals surface area contributed by atoms with Gasteiger partial charge in [-0.05, 0) is 24.6 Å². The number of nitrogens with two attached hydrogens (primary N) is 1. The van der Waals surface area contributed by atoms with Gasteiger partial charge >= 0.3 is 0 Å². The van der Waals surface area contributed by atoms with Crippen LogP contribution in [0.1, 0.15) is 18.6 Å². The van der Waals surface area contributed by atoms with E-state index in [1.54, 1.807) is 0 Å². The molecule has 3 heteroatoms. The smallest absolute Gasteiger partial charge is 0.102 e. The third-order valence-corrected chi connectivity index (χ3v) is 2.60. The Morgan fingerprint density at radius 3 is 2.86 bits per heavy atom. The van der Waals surface area contributed by atoms with Crippen molar-refractivity contribution in [1.82, 2.24) is 4.57 Å². The molecule has 0 amide bonds. The first kappa shape index (κ1) is 9.24. The molecular formula is C11H14N2O. The number of aryl methyl sites for hydroxylation is 1. The predicted molar refractivity (Wildman–Crippen MR) is 56.6 cm³/mol. The molecule has 0 aliphatic carbocycles. The first-order valence-corrected chi connectivity index (χ1v) is 4.63. The van der Waals surface area contributed by atoms with E-state index in [9.17, 15) is 0 Å². The first-order chi connectivity index (χ1) is 6.74. The number of nitrogens with zero attached hydrogens (tertiary/aromatic N) is 1. The van der Waals surface area contributed by atoms with Crippen molar-refractivity contribution in [2.45, 2.75) is 13.0 Å². The van der Waals surface area contributed by atoms with Crippen LogP contribution in [-0.4, -0.2) is 4.57 Å². The summed E-state index contributed by atoms with van der Waals surface area (Å²) in [5.41, 5.74) is 2.33. The molecule has 1 atom stereocenters. The number of hydrogen-bond acceptors (Lipinski definition) is 2. The molecule has 1 unspecified atom stereocenters. The van der Waals surface area contributed by atoms with E-state index in [2.05, 4.69) is 16.7 Å². The highest BCUT2D eigenvalue weighted by atomic mass is 16.6. The molecule has 0 aliphatic heterocycles. The van der Waals surface area contributed by atoms with E-state index >= 15 is 0 Å². The zero-order valence-electron chi connectivity index (χ0n) is 8.40. The molecule has 1 heterocycles. The van der Waals surface area contributed by atoms with Crippen LogP contribution in [-0.2, 0) is 11.9 Å². The Bertz CT molecular complexity index is 447. The number of hydrogen-bond donors (Lipinski definition) is 1. The van der Waals surface area contributed by atoms with Crippen LogP contribution >= 0.6 is 0 Å². The molecule has 2 N–H and O–H groups in total. The lowest BCUT2D eigenvalue weighted by Gasteiger charge is -2.10. The number of rotatable bonds is 2. The number of fused-ring (bicyclic) bond motifs is 1. The van der Waals surface area contributed by atoms with Gasteiger partial charge in [0.25, 0.3) is 0 Å². The molecule has 2 rings (SSSR count). The minimum absolute atomic E-state index is 0.0684. The summed E-state index contributed by atoms with van der Waals surface area (Å²) in [6.07, 6.45) is 1.97. The lowest BCUT2D eigenvalue weighted by molar-refractivity contribution is 0.0674. The van der Waals surface area contributed by atoms with E-state index in [1.807, 2.05) is 32.3 Å². The van der Waals surface area contributed by atoms with E-state index in [-0.39, 0.29) is 6.10 Å². The third kappa shape index (κ3) is 1.31. The van der Waals surface area contributed by atoms with Crippen molar-refractivity contribution in [3.8, 4) is 0 Å². The molecule has 74 valence electrons. The van der Waals surface area contributed by atoms with Gasteiger partial charge in [-0.2, -0.15) is 0 Å². The van der Waals surface area contributed by atoms with Crippen LogP contribution in [0.15, 0.2) is 30.5 Å². The fraction of sp³-hybridized carbons (Fsp3) is 0.273. The molecule has 0 saturated carbocycles. The van der Waals surface area contributed by atoms with Gasteiger partial charge in [-0.15, -0.1) is 0 Å². The van der Waals surface area contributed by atoms with Crippen LogP contribution < -0.4 is 5.90 Å². The summed E-state index contributed by atoms with van der Waals surface area (Å²) < 4.78 is 2.09. The molecule has 14 heavy (non-hydrogen) atoms. The topological polar surface area (TPSA) is 40.2 Å². The van der Waals surface area contributed by atoms with Crippen molar-refractivity contribution in [3.05, 3.63) is 36.0 Å². The van der Waals surface area contributed by atoms with Crippen molar-refractivity contribution >= 4 is 10.9 Å². The van der Waals surface area contributed by atoms with Crippen LogP contribution in [0, 0.1) is 0 Å². The summed E-state index contributed by atoms with van der Waals surface area (Å²) in [6.45, 7) is 1.95. The maximum atomic E-state index is 5.20. The summed E-state index contributed by atoms with van der Waals surface area (Å²) in [7, 11) is 2.03. The second-order valence-corrected chi connectivity index (χ2v) is 3.48. The average Bonchev–Trinajstić information content (AvgIpc) is 2.59. The Hall–Kier alpha value is -1.32. The van der Waals surface area contributed by atoms with Crippen molar-refractivity contribution < 1.29 is 4.84 Å². The Morgan fingerprint density at radius 2 is 2.14 bits per heavy atom. The molecular weight excluding hydrogens is 176 g/mol. The van der Waals surface area contributed by atoms with Crippen molar-refractivity contribution in [2.24, 2.45) is 12.9 Å². The average molecular weight is 190 g/mol. The van der Waals surface area contributed by atoms with Crippen LogP contribution in [0.2, 0.25) is 0 Å². The van der Waals surface area contributed by atoms with E-state index in [4.69, 9.17) is 10.7 Å². The largest absolute Gasteiger partial charge is 0.351 e. The number of aromatic nitrogens is 1. The molecule has 3 nitrogen and oxygen atoms in total. The zero-order valence-corrected chi connectivity index (χ0v) is 8.40. The predicted octanol–water partition coefficient (Wildman–Crippen LogP) is 2.13. The lowest BCUT2D eigenvalue weighted by Crippen LogP contribution is -2.05. The van der Waals surface area contributed by atoms with Gasteiger partial charge in [0.2, 0.25) is 0 Å². The molecule has 0 bridgehead atoms. The Labute approximate surface area is 83.0 Å². The molecule has 1 aromatic heterocycles. The summed E-state index contributed by atoms with van der Waals surface area (Å²) >= 11 is 0. The van der Waals surface area contributed by atoms with Crippen molar-refractivity contribution in [2.75, 3.05) is 0 Å². The van der Waals surface area contributed by atoms with Gasteiger partial charge in [0.15, 0.2) is 0 Å². The SMILES string of the molecule is CC(ON)c1cccc2c1ccn2C. The van der Waals surface area contributed by atoms with E-state index in [1.165, 1.54) is 10.9 Å². The van der Waals surface area contributed by atoms with E-state index in [0.717, 1.165) is 5.56 Å². The second-order valence-electron chi connectivity index (χ2n) is 3.48. The van der Waals surface area contributed by atoms with Crippen LogP contribution in [0.5, 0.6) is 0 Å². The molecule has 0 spiro atoms. The van der Waals surface area contributed by atoms with E-state index < -0.39 is 0 Å². The molecule has 0 aliphatic rings. The standard InChI is InChI=1S/C11H14N2O/c1-8(14-12)9-4-3-5-11-10(9)6-7-13(11)2/h3-8H,12H2,1-2H3. The fourth-order valence-electron chi connectivity index (χ4n) is 1.75. The highest BCUT2D eigenvalue weighted by Gasteiger charge is 2.09. The molecule has 0 saturated heterocycles. The van der Waals surface area contributed by atoms with Gasteiger partial charge in [0, 0.05) is 24.1 Å². The molecule has 0 fully saturated rings. The highest BCUT2D eigenvalue weighted by molar-refractivity contribution is 5.83. The van der Waals surface area contributed by atoms with Crippen LogP contribution in [0.25, 0.3) is 10.9 Å². The minimum Gasteiger partial charge on any atom is -0.351 e. The maximum Gasteiger partial charge on any atom is 0.102 e. The zero-order chi connectivity index (χ0) is 10.1. The Balaban J connectivity index is 2.65. The summed E-state index contributed by atoms with van der Waals surface area (Å²) in [5.74, 6) is 5.20. The van der Waals surface area contributed by atoms with Gasteiger partial charge in [-0.3, -0.25) is 4.84 Å². The Morgan fingerprint density at radius 1 is 1.36 bits per heavy atom. The Kier molecular flexibility index (Phi) is 2.27. The highest BCUT2D eigenvalue weighted by Crippen LogP contribution is 2.25. The monoisotopic (exact) mass is 190 g/mol. The van der Waals surface area contributed by atoms with Gasteiger partial charge < -0.3 is 4.57 Å². The van der Waals surface area contributed by atoms with Gasteiger partial charge in [-0.1, -0.05) is 12.1 Å². The van der Waals surface area contributed by atoms with Crippen LogP contribution in [0.3, 0.4) is 0 Å². The summed E-state index contributed by atoms with van der Waals surface area (Å²) in [6, 6.07) is 8.23. The minimum atomic E-state index is -0.0684. The van der Waals surface area contributed by atoms with Crippen molar-refractivity contribution in [3.63, 3.8) is 0 Å². The van der Waals surface area contributed by atoms with Crippen molar-refractivity contribution in [1.29, 1.82) is 0 Å². The summed E-state index contributed by atoms with van der Waals surface area (Å²) in [5, 5.41) is 1.20.